The molecule has 6 nitrogen and oxygen atoms in total. The predicted octanol–water partition coefficient (Wildman–Crippen LogP) is 2.52. The Hall–Kier alpha value is -3.19. The lowest BCUT2D eigenvalue weighted by molar-refractivity contribution is 0.0853. The summed E-state index contributed by atoms with van der Waals surface area (Å²) < 4.78 is 19.0. The minimum absolute atomic E-state index is 0.0517. The standard InChI is InChI=1S/C20H18FN3O3/c21-15-7-3-4-8-18(15)27-11-13-10-16(24-23-13)20(26)22-19-14-6-2-1-5-12(14)9-17(19)25/h1-8,10,17,19,25H,9,11H2,(H,22,26)(H,23,24)/t17-,19+/m0/s1. The zero-order chi connectivity index (χ0) is 18.8. The molecule has 1 aliphatic carbocycles. The Morgan fingerprint density at radius 1 is 1.26 bits per heavy atom. The normalized spacial score (nSPS) is 18.1. The first-order valence-electron chi connectivity index (χ1n) is 8.60. The van der Waals surface area contributed by atoms with Gasteiger partial charge in [-0.3, -0.25) is 9.89 Å². The predicted molar refractivity (Wildman–Crippen MR) is 95.7 cm³/mol. The maximum absolute atomic E-state index is 13.6. The molecule has 7 heteroatoms. The quantitative estimate of drug-likeness (QED) is 0.647. The van der Waals surface area contributed by atoms with Gasteiger partial charge in [0, 0.05) is 6.42 Å². The van der Waals surface area contributed by atoms with Gasteiger partial charge in [0.15, 0.2) is 11.6 Å². The lowest BCUT2D eigenvalue weighted by atomic mass is 10.1. The van der Waals surface area contributed by atoms with E-state index in [-0.39, 0.29) is 18.1 Å². The molecule has 2 aromatic carbocycles. The first-order chi connectivity index (χ1) is 13.1. The number of hydrogen-bond acceptors (Lipinski definition) is 4. The third kappa shape index (κ3) is 3.54. The van der Waals surface area contributed by atoms with E-state index in [0.717, 1.165) is 11.1 Å². The fraction of sp³-hybridized carbons (Fsp3) is 0.200. The van der Waals surface area contributed by atoms with Gasteiger partial charge in [0.25, 0.3) is 5.91 Å². The van der Waals surface area contributed by atoms with E-state index in [1.54, 1.807) is 18.2 Å². The molecule has 0 unspecified atom stereocenters. The summed E-state index contributed by atoms with van der Waals surface area (Å²) in [7, 11) is 0. The summed E-state index contributed by atoms with van der Waals surface area (Å²) in [4.78, 5) is 12.5. The second-order valence-corrected chi connectivity index (χ2v) is 6.42. The number of aliphatic hydroxyl groups excluding tert-OH is 1. The fourth-order valence-corrected chi connectivity index (χ4v) is 3.23. The lowest BCUT2D eigenvalue weighted by Gasteiger charge is -2.17. The molecule has 1 aromatic heterocycles. The molecule has 0 bridgehead atoms. The van der Waals surface area contributed by atoms with Gasteiger partial charge < -0.3 is 15.2 Å². The molecule has 2 atom stereocenters. The number of ether oxygens (including phenoxy) is 1. The van der Waals surface area contributed by atoms with Gasteiger partial charge in [-0.15, -0.1) is 0 Å². The van der Waals surface area contributed by atoms with Crippen LogP contribution in [0.1, 0.15) is 33.4 Å². The molecule has 0 fully saturated rings. The molecule has 3 N–H and O–H groups in total. The maximum Gasteiger partial charge on any atom is 0.272 e. The SMILES string of the molecule is O=C(N[C@@H]1c2ccccc2C[C@@H]1O)c1cc(COc2ccccc2F)[nH]n1. The van der Waals surface area contributed by atoms with Crippen LogP contribution in [0.2, 0.25) is 0 Å². The average Bonchev–Trinajstić information content (AvgIpc) is 3.26. The van der Waals surface area contributed by atoms with E-state index in [9.17, 15) is 14.3 Å². The zero-order valence-corrected chi connectivity index (χ0v) is 14.4. The molecular formula is C20H18FN3O3. The molecule has 0 spiro atoms. The van der Waals surface area contributed by atoms with Gasteiger partial charge in [0.2, 0.25) is 0 Å². The number of nitrogens with one attached hydrogen (secondary N) is 2. The summed E-state index contributed by atoms with van der Waals surface area (Å²) in [6.07, 6.45) is -0.169. The van der Waals surface area contributed by atoms with E-state index in [2.05, 4.69) is 15.5 Å². The fourth-order valence-electron chi connectivity index (χ4n) is 3.23. The van der Waals surface area contributed by atoms with E-state index >= 15 is 0 Å². The average molecular weight is 367 g/mol. The number of carbonyl (C=O) groups excluding carboxylic acids is 1. The Morgan fingerprint density at radius 3 is 2.89 bits per heavy atom. The Morgan fingerprint density at radius 2 is 2.04 bits per heavy atom. The van der Waals surface area contributed by atoms with Gasteiger partial charge in [-0.1, -0.05) is 36.4 Å². The number of aliphatic hydroxyl groups is 1. The number of halogens is 1. The van der Waals surface area contributed by atoms with Crippen LogP contribution in [0.15, 0.2) is 54.6 Å². The number of fused-ring (bicyclic) bond motifs is 1. The lowest BCUT2D eigenvalue weighted by Crippen LogP contribution is -2.34. The third-order valence-corrected chi connectivity index (χ3v) is 4.57. The van der Waals surface area contributed by atoms with Crippen molar-refractivity contribution in [3.8, 4) is 5.75 Å². The summed E-state index contributed by atoms with van der Waals surface area (Å²) in [5.41, 5.74) is 2.66. The van der Waals surface area contributed by atoms with Gasteiger partial charge >= 0.3 is 0 Å². The largest absolute Gasteiger partial charge is 0.484 e. The molecule has 0 saturated carbocycles. The molecule has 1 amide bonds. The zero-order valence-electron chi connectivity index (χ0n) is 14.4. The van der Waals surface area contributed by atoms with Crippen molar-refractivity contribution >= 4 is 5.91 Å². The summed E-state index contributed by atoms with van der Waals surface area (Å²) in [5, 5.41) is 19.8. The highest BCUT2D eigenvalue weighted by Crippen LogP contribution is 2.31. The summed E-state index contributed by atoms with van der Waals surface area (Å²) >= 11 is 0. The Balaban J connectivity index is 1.41. The van der Waals surface area contributed by atoms with Crippen molar-refractivity contribution in [2.75, 3.05) is 0 Å². The van der Waals surface area contributed by atoms with Crippen LogP contribution in [-0.4, -0.2) is 27.3 Å². The monoisotopic (exact) mass is 367 g/mol. The molecule has 0 saturated heterocycles. The highest BCUT2D eigenvalue weighted by atomic mass is 19.1. The number of aromatic nitrogens is 2. The van der Waals surface area contributed by atoms with Crippen LogP contribution in [0.4, 0.5) is 4.39 Å². The molecule has 1 heterocycles. The number of hydrogen-bond donors (Lipinski definition) is 3. The van der Waals surface area contributed by atoms with Crippen LogP contribution in [-0.2, 0) is 13.0 Å². The molecule has 1 aliphatic rings. The van der Waals surface area contributed by atoms with Gasteiger partial charge in [-0.05, 0) is 29.3 Å². The number of carbonyl (C=O) groups is 1. The number of aromatic amines is 1. The number of amides is 1. The van der Waals surface area contributed by atoms with E-state index in [1.165, 1.54) is 12.1 Å². The molecule has 138 valence electrons. The highest BCUT2D eigenvalue weighted by molar-refractivity contribution is 5.92. The molecular weight excluding hydrogens is 349 g/mol. The van der Waals surface area contributed by atoms with E-state index in [1.807, 2.05) is 24.3 Å². The maximum atomic E-state index is 13.6. The first kappa shape index (κ1) is 17.2. The van der Waals surface area contributed by atoms with Crippen molar-refractivity contribution in [1.29, 1.82) is 0 Å². The van der Waals surface area contributed by atoms with Crippen molar-refractivity contribution in [3.63, 3.8) is 0 Å². The van der Waals surface area contributed by atoms with Gasteiger partial charge in [-0.2, -0.15) is 5.10 Å². The number of benzene rings is 2. The molecule has 3 aromatic rings. The molecule has 4 rings (SSSR count). The summed E-state index contributed by atoms with van der Waals surface area (Å²) in [6.45, 7) is 0.0517. The van der Waals surface area contributed by atoms with Crippen molar-refractivity contribution < 1.29 is 19.0 Å². The topological polar surface area (TPSA) is 87.2 Å². The summed E-state index contributed by atoms with van der Waals surface area (Å²) in [6, 6.07) is 14.8. The van der Waals surface area contributed by atoms with Crippen molar-refractivity contribution in [2.45, 2.75) is 25.2 Å². The molecule has 0 radical (unpaired) electrons. The van der Waals surface area contributed by atoms with Crippen LogP contribution in [0, 0.1) is 5.82 Å². The molecule has 0 aliphatic heterocycles. The Labute approximate surface area is 155 Å². The van der Waals surface area contributed by atoms with Crippen LogP contribution in [0.3, 0.4) is 0 Å². The smallest absolute Gasteiger partial charge is 0.272 e. The van der Waals surface area contributed by atoms with Crippen LogP contribution < -0.4 is 10.1 Å². The van der Waals surface area contributed by atoms with Crippen LogP contribution in [0.5, 0.6) is 5.75 Å². The van der Waals surface area contributed by atoms with Gasteiger partial charge in [0.05, 0.1) is 17.8 Å². The Kier molecular flexibility index (Phi) is 4.60. The third-order valence-electron chi connectivity index (χ3n) is 4.57. The van der Waals surface area contributed by atoms with Crippen molar-refractivity contribution in [3.05, 3.63) is 82.9 Å². The Bertz CT molecular complexity index is 972. The molecule has 27 heavy (non-hydrogen) atoms. The van der Waals surface area contributed by atoms with E-state index in [0.29, 0.717) is 12.1 Å². The number of rotatable bonds is 5. The number of para-hydroxylation sites is 1. The van der Waals surface area contributed by atoms with E-state index in [4.69, 9.17) is 4.74 Å². The summed E-state index contributed by atoms with van der Waals surface area (Å²) in [5.74, 6) is -0.725. The number of nitrogens with zero attached hydrogens (tertiary/aromatic N) is 1. The second-order valence-electron chi connectivity index (χ2n) is 6.42. The van der Waals surface area contributed by atoms with Gasteiger partial charge in [-0.25, -0.2) is 4.39 Å². The highest BCUT2D eigenvalue weighted by Gasteiger charge is 2.32. The first-order valence-corrected chi connectivity index (χ1v) is 8.60. The van der Waals surface area contributed by atoms with E-state index < -0.39 is 23.9 Å². The second kappa shape index (κ2) is 7.20. The minimum atomic E-state index is -0.672. The number of H-pyrrole nitrogens is 1. The van der Waals surface area contributed by atoms with Crippen molar-refractivity contribution in [2.24, 2.45) is 0 Å². The minimum Gasteiger partial charge on any atom is -0.484 e. The van der Waals surface area contributed by atoms with Gasteiger partial charge in [0.1, 0.15) is 12.3 Å². The van der Waals surface area contributed by atoms with Crippen LogP contribution >= 0.6 is 0 Å². The van der Waals surface area contributed by atoms with Crippen molar-refractivity contribution in [1.82, 2.24) is 15.5 Å². The van der Waals surface area contributed by atoms with Crippen LogP contribution in [0.25, 0.3) is 0 Å².